The Morgan fingerprint density at radius 2 is 1.86 bits per heavy atom. The molecule has 0 amide bonds. The molecule has 0 aliphatic heterocycles. The Balaban J connectivity index is 2.40. The third-order valence-electron chi connectivity index (χ3n) is 4.85. The average molecular weight is 302 g/mol. The van der Waals surface area contributed by atoms with E-state index in [1.54, 1.807) is 7.11 Å². The van der Waals surface area contributed by atoms with E-state index >= 15 is 0 Å². The summed E-state index contributed by atoms with van der Waals surface area (Å²) in [5.74, 6) is 0.0772. The van der Waals surface area contributed by atoms with Crippen molar-refractivity contribution in [3.8, 4) is 0 Å². The van der Waals surface area contributed by atoms with Crippen molar-refractivity contribution in [3.05, 3.63) is 41.5 Å². The van der Waals surface area contributed by atoms with Gasteiger partial charge in [-0.25, -0.2) is 0 Å². The Morgan fingerprint density at radius 1 is 1.23 bits per heavy atom. The zero-order valence-electron chi connectivity index (χ0n) is 14.2. The van der Waals surface area contributed by atoms with E-state index in [0.717, 1.165) is 18.4 Å². The molecule has 0 saturated carbocycles. The van der Waals surface area contributed by atoms with Gasteiger partial charge in [0.1, 0.15) is 6.10 Å². The molecule has 1 aliphatic rings. The standard InChI is InChI=1S/C19H26O3/c1-13-17(15-9-7-6-8-10-15)11-16(19(3,4)21-5)12-18(13)22-14(2)20/h6-10,16,18H,11-12H2,1-5H3/t16-,18-/m1/s1. The molecule has 1 aromatic carbocycles. The lowest BCUT2D eigenvalue weighted by molar-refractivity contribution is -0.147. The summed E-state index contributed by atoms with van der Waals surface area (Å²) in [6.45, 7) is 7.75. The van der Waals surface area contributed by atoms with Crippen molar-refractivity contribution in [1.82, 2.24) is 0 Å². The zero-order chi connectivity index (χ0) is 16.3. The molecule has 0 heterocycles. The second-order valence-electron chi connectivity index (χ2n) is 6.57. The lowest BCUT2D eigenvalue weighted by atomic mass is 9.73. The van der Waals surface area contributed by atoms with Gasteiger partial charge in [0.15, 0.2) is 0 Å². The third-order valence-corrected chi connectivity index (χ3v) is 4.85. The van der Waals surface area contributed by atoms with E-state index in [-0.39, 0.29) is 17.7 Å². The van der Waals surface area contributed by atoms with Crippen LogP contribution in [0.3, 0.4) is 0 Å². The molecule has 3 heteroatoms. The van der Waals surface area contributed by atoms with Gasteiger partial charge < -0.3 is 9.47 Å². The molecule has 0 saturated heterocycles. The van der Waals surface area contributed by atoms with Gasteiger partial charge in [-0.2, -0.15) is 0 Å². The number of hydrogen-bond acceptors (Lipinski definition) is 3. The number of benzene rings is 1. The molecule has 120 valence electrons. The van der Waals surface area contributed by atoms with Gasteiger partial charge in [-0.05, 0) is 56.2 Å². The van der Waals surface area contributed by atoms with Crippen LogP contribution in [0.25, 0.3) is 5.57 Å². The third kappa shape index (κ3) is 3.58. The quantitative estimate of drug-likeness (QED) is 0.781. The summed E-state index contributed by atoms with van der Waals surface area (Å²) in [6, 6.07) is 10.3. The molecule has 0 unspecified atom stereocenters. The molecule has 0 spiro atoms. The van der Waals surface area contributed by atoms with Gasteiger partial charge in [0.25, 0.3) is 0 Å². The van der Waals surface area contributed by atoms with Gasteiger partial charge >= 0.3 is 5.97 Å². The average Bonchev–Trinajstić information content (AvgIpc) is 2.49. The maximum Gasteiger partial charge on any atom is 0.303 e. The van der Waals surface area contributed by atoms with Crippen LogP contribution in [0.5, 0.6) is 0 Å². The van der Waals surface area contributed by atoms with E-state index in [0.29, 0.717) is 5.92 Å². The minimum atomic E-state index is -0.251. The Hall–Kier alpha value is -1.61. The molecule has 0 N–H and O–H groups in total. The SMILES string of the molecule is COC(C)(C)[C@@H]1CC(c2ccccc2)=C(C)[C@H](OC(C)=O)C1. The molecule has 22 heavy (non-hydrogen) atoms. The molecule has 1 aromatic rings. The number of hydrogen-bond donors (Lipinski definition) is 0. The van der Waals surface area contributed by atoms with Crippen LogP contribution < -0.4 is 0 Å². The van der Waals surface area contributed by atoms with Crippen molar-refractivity contribution in [2.45, 2.75) is 52.2 Å². The Kier molecular flexibility index (Phi) is 5.07. The van der Waals surface area contributed by atoms with Crippen LogP contribution in [-0.2, 0) is 14.3 Å². The number of carbonyl (C=O) groups is 1. The van der Waals surface area contributed by atoms with Crippen LogP contribution in [0.4, 0.5) is 0 Å². The smallest absolute Gasteiger partial charge is 0.303 e. The van der Waals surface area contributed by atoms with E-state index < -0.39 is 0 Å². The first-order valence-electron chi connectivity index (χ1n) is 7.82. The summed E-state index contributed by atoms with van der Waals surface area (Å²) in [6.07, 6.45) is 1.58. The van der Waals surface area contributed by atoms with Crippen molar-refractivity contribution in [2.75, 3.05) is 7.11 Å². The zero-order valence-corrected chi connectivity index (χ0v) is 14.2. The van der Waals surface area contributed by atoms with Gasteiger partial charge in [-0.3, -0.25) is 4.79 Å². The monoisotopic (exact) mass is 302 g/mol. The summed E-state index contributed by atoms with van der Waals surface area (Å²) in [5.41, 5.74) is 3.38. The van der Waals surface area contributed by atoms with Crippen LogP contribution in [0.15, 0.2) is 35.9 Å². The Labute approximate surface area is 133 Å². The van der Waals surface area contributed by atoms with Gasteiger partial charge in [0.2, 0.25) is 0 Å². The van der Waals surface area contributed by atoms with Crippen molar-refractivity contribution in [3.63, 3.8) is 0 Å². The van der Waals surface area contributed by atoms with Crippen molar-refractivity contribution in [1.29, 1.82) is 0 Å². The van der Waals surface area contributed by atoms with Gasteiger partial charge in [0, 0.05) is 14.0 Å². The predicted octanol–water partition coefficient (Wildman–Crippen LogP) is 4.23. The molecule has 0 bridgehead atoms. The molecule has 2 atom stereocenters. The molecule has 3 nitrogen and oxygen atoms in total. The van der Waals surface area contributed by atoms with Gasteiger partial charge in [0.05, 0.1) is 5.60 Å². The Morgan fingerprint density at radius 3 is 2.41 bits per heavy atom. The molecule has 0 radical (unpaired) electrons. The van der Waals surface area contributed by atoms with E-state index in [2.05, 4.69) is 32.9 Å². The molecule has 2 rings (SSSR count). The molecule has 0 fully saturated rings. The second-order valence-corrected chi connectivity index (χ2v) is 6.57. The van der Waals surface area contributed by atoms with E-state index in [4.69, 9.17) is 9.47 Å². The van der Waals surface area contributed by atoms with Crippen molar-refractivity contribution in [2.24, 2.45) is 5.92 Å². The predicted molar refractivity (Wildman–Crippen MR) is 88.4 cm³/mol. The fourth-order valence-corrected chi connectivity index (χ4v) is 3.14. The summed E-state index contributed by atoms with van der Waals surface area (Å²) in [4.78, 5) is 11.5. The first kappa shape index (κ1) is 16.8. The number of allylic oxidation sites excluding steroid dienone is 1. The number of methoxy groups -OCH3 is 1. The summed E-state index contributed by atoms with van der Waals surface area (Å²) in [5, 5.41) is 0. The Bertz CT molecular complexity index is 557. The fourth-order valence-electron chi connectivity index (χ4n) is 3.14. The van der Waals surface area contributed by atoms with E-state index in [9.17, 15) is 4.79 Å². The van der Waals surface area contributed by atoms with Gasteiger partial charge in [-0.15, -0.1) is 0 Å². The fraction of sp³-hybridized carbons (Fsp3) is 0.526. The number of carbonyl (C=O) groups excluding carboxylic acids is 1. The van der Waals surface area contributed by atoms with Crippen LogP contribution >= 0.6 is 0 Å². The number of esters is 1. The van der Waals surface area contributed by atoms with E-state index in [1.165, 1.54) is 18.1 Å². The highest BCUT2D eigenvalue weighted by Crippen LogP contribution is 2.42. The van der Waals surface area contributed by atoms with Crippen LogP contribution in [0, 0.1) is 5.92 Å². The first-order chi connectivity index (χ1) is 10.3. The molecular formula is C19H26O3. The summed E-state index contributed by atoms with van der Waals surface area (Å²) < 4.78 is 11.3. The van der Waals surface area contributed by atoms with Crippen molar-refractivity contribution >= 4 is 11.5 Å². The lowest BCUT2D eigenvalue weighted by Gasteiger charge is -2.40. The summed E-state index contributed by atoms with van der Waals surface area (Å²) in [7, 11) is 1.74. The highest BCUT2D eigenvalue weighted by atomic mass is 16.5. The maximum absolute atomic E-state index is 11.5. The van der Waals surface area contributed by atoms with Crippen LogP contribution in [0.2, 0.25) is 0 Å². The topological polar surface area (TPSA) is 35.5 Å². The van der Waals surface area contributed by atoms with Crippen LogP contribution in [0.1, 0.15) is 46.1 Å². The van der Waals surface area contributed by atoms with Crippen molar-refractivity contribution < 1.29 is 14.3 Å². The summed E-state index contributed by atoms with van der Waals surface area (Å²) >= 11 is 0. The molecule has 1 aliphatic carbocycles. The minimum Gasteiger partial charge on any atom is -0.458 e. The normalized spacial score (nSPS) is 22.6. The second kappa shape index (κ2) is 6.66. The van der Waals surface area contributed by atoms with E-state index in [1.807, 2.05) is 18.2 Å². The lowest BCUT2D eigenvalue weighted by Crippen LogP contribution is -2.39. The number of rotatable bonds is 4. The minimum absolute atomic E-state index is 0.166. The maximum atomic E-state index is 11.5. The molecular weight excluding hydrogens is 276 g/mol. The number of ether oxygens (including phenoxy) is 2. The van der Waals surface area contributed by atoms with Gasteiger partial charge in [-0.1, -0.05) is 30.3 Å². The first-order valence-corrected chi connectivity index (χ1v) is 7.82. The molecule has 0 aromatic heterocycles. The highest BCUT2D eigenvalue weighted by Gasteiger charge is 2.38. The highest BCUT2D eigenvalue weighted by molar-refractivity contribution is 5.72. The largest absolute Gasteiger partial charge is 0.458 e. The van der Waals surface area contributed by atoms with Crippen LogP contribution in [-0.4, -0.2) is 24.8 Å².